The van der Waals surface area contributed by atoms with Gasteiger partial charge in [0.2, 0.25) is 0 Å². The molecule has 2 aromatic rings. The number of halogens is 1. The zero-order valence-electron chi connectivity index (χ0n) is 15.5. The Hall–Kier alpha value is -2.34. The minimum atomic E-state index is -0.296. The monoisotopic (exact) mass is 430 g/mol. The number of amides is 2. The maximum absolute atomic E-state index is 12.7. The largest absolute Gasteiger partial charge is 0.484 e. The Morgan fingerprint density at radius 2 is 1.74 bits per heavy atom. The Labute approximate surface area is 167 Å². The highest BCUT2D eigenvalue weighted by Crippen LogP contribution is 2.26. The lowest BCUT2D eigenvalue weighted by molar-refractivity contribution is -0.118. The molecule has 2 amide bonds. The van der Waals surface area contributed by atoms with Crippen LogP contribution < -0.4 is 10.1 Å². The summed E-state index contributed by atoms with van der Waals surface area (Å²) < 4.78 is 6.66. The van der Waals surface area contributed by atoms with E-state index in [1.54, 1.807) is 18.2 Å². The molecule has 5 nitrogen and oxygen atoms in total. The fraction of sp³-hybridized carbons (Fsp3) is 0.333. The van der Waals surface area contributed by atoms with E-state index < -0.39 is 0 Å². The molecule has 0 saturated carbocycles. The molecule has 142 valence electrons. The number of benzene rings is 2. The van der Waals surface area contributed by atoms with Crippen molar-refractivity contribution in [3.8, 4) is 5.75 Å². The normalized spacial score (nSPS) is 13.5. The first-order valence-corrected chi connectivity index (χ1v) is 9.82. The van der Waals surface area contributed by atoms with Crippen LogP contribution in [0, 0.1) is 13.8 Å². The van der Waals surface area contributed by atoms with Crippen molar-refractivity contribution in [1.29, 1.82) is 0 Å². The molecule has 0 aliphatic carbocycles. The number of hydrogen-bond donors (Lipinski definition) is 1. The number of ether oxygens (including phenoxy) is 1. The zero-order valence-corrected chi connectivity index (χ0v) is 17.1. The summed E-state index contributed by atoms with van der Waals surface area (Å²) in [6.45, 7) is 5.38. The van der Waals surface area contributed by atoms with Crippen LogP contribution in [0.2, 0.25) is 0 Å². The van der Waals surface area contributed by atoms with E-state index in [9.17, 15) is 9.59 Å². The number of rotatable bonds is 5. The van der Waals surface area contributed by atoms with E-state index in [-0.39, 0.29) is 18.4 Å². The molecular formula is C21H23BrN2O3. The maximum atomic E-state index is 12.7. The van der Waals surface area contributed by atoms with Gasteiger partial charge >= 0.3 is 0 Å². The molecule has 27 heavy (non-hydrogen) atoms. The van der Waals surface area contributed by atoms with Crippen molar-refractivity contribution in [1.82, 2.24) is 4.90 Å². The van der Waals surface area contributed by atoms with Crippen molar-refractivity contribution in [3.05, 3.63) is 57.6 Å². The Morgan fingerprint density at radius 1 is 1.11 bits per heavy atom. The van der Waals surface area contributed by atoms with Crippen LogP contribution in [0.15, 0.2) is 40.9 Å². The van der Waals surface area contributed by atoms with Crippen LogP contribution in [0.5, 0.6) is 5.75 Å². The van der Waals surface area contributed by atoms with E-state index in [0.29, 0.717) is 17.0 Å². The molecular weight excluding hydrogens is 408 g/mol. The van der Waals surface area contributed by atoms with Crippen LogP contribution >= 0.6 is 15.9 Å². The van der Waals surface area contributed by atoms with Crippen molar-refractivity contribution in [2.75, 3.05) is 25.0 Å². The first kappa shape index (κ1) is 19.4. The Morgan fingerprint density at radius 3 is 2.41 bits per heavy atom. The topological polar surface area (TPSA) is 58.6 Å². The average Bonchev–Trinajstić information content (AvgIpc) is 3.19. The zero-order chi connectivity index (χ0) is 19.4. The molecule has 6 heteroatoms. The molecule has 1 aliphatic rings. The van der Waals surface area contributed by atoms with Crippen LogP contribution in [0.3, 0.4) is 0 Å². The van der Waals surface area contributed by atoms with Crippen LogP contribution in [-0.2, 0) is 4.79 Å². The van der Waals surface area contributed by atoms with E-state index in [1.165, 1.54) is 0 Å². The van der Waals surface area contributed by atoms with Gasteiger partial charge in [0.15, 0.2) is 6.61 Å². The molecule has 0 unspecified atom stereocenters. The van der Waals surface area contributed by atoms with Gasteiger partial charge in [-0.1, -0.05) is 28.1 Å². The number of aryl methyl sites for hydroxylation is 2. The van der Waals surface area contributed by atoms with E-state index in [0.717, 1.165) is 41.5 Å². The fourth-order valence-corrected chi connectivity index (χ4v) is 3.42. The highest BCUT2D eigenvalue weighted by atomic mass is 79.9. The molecule has 1 saturated heterocycles. The van der Waals surface area contributed by atoms with Crippen molar-refractivity contribution in [2.45, 2.75) is 26.7 Å². The standard InChI is InChI=1S/C21H23BrN2O3/c1-14-11-16(12-15(2)20(14)22)27-13-19(25)23-18-8-4-3-7-17(18)21(26)24-9-5-6-10-24/h3-4,7-8,11-12H,5-6,9-10,13H2,1-2H3,(H,23,25). The third-order valence-electron chi connectivity index (χ3n) is 4.60. The molecule has 0 radical (unpaired) electrons. The van der Waals surface area contributed by atoms with Gasteiger partial charge in [0.05, 0.1) is 11.3 Å². The van der Waals surface area contributed by atoms with E-state index in [1.807, 2.05) is 36.9 Å². The SMILES string of the molecule is Cc1cc(OCC(=O)Nc2ccccc2C(=O)N2CCCC2)cc(C)c1Br. The minimum Gasteiger partial charge on any atom is -0.484 e. The summed E-state index contributed by atoms with van der Waals surface area (Å²) in [6.07, 6.45) is 2.06. The van der Waals surface area contributed by atoms with Crippen molar-refractivity contribution >= 4 is 33.4 Å². The van der Waals surface area contributed by atoms with Gasteiger partial charge in [0.1, 0.15) is 5.75 Å². The minimum absolute atomic E-state index is 0.0384. The maximum Gasteiger partial charge on any atom is 0.262 e. The number of hydrogen-bond acceptors (Lipinski definition) is 3. The van der Waals surface area contributed by atoms with E-state index in [2.05, 4.69) is 21.2 Å². The summed E-state index contributed by atoms with van der Waals surface area (Å²) >= 11 is 3.52. The number of carbonyl (C=O) groups excluding carboxylic acids is 2. The van der Waals surface area contributed by atoms with Gasteiger partial charge in [-0.25, -0.2) is 0 Å². The van der Waals surface area contributed by atoms with Crippen LogP contribution in [0.4, 0.5) is 5.69 Å². The second kappa shape index (κ2) is 8.57. The molecule has 0 bridgehead atoms. The van der Waals surface area contributed by atoms with Gasteiger partial charge in [-0.3, -0.25) is 9.59 Å². The third-order valence-corrected chi connectivity index (χ3v) is 5.86. The van der Waals surface area contributed by atoms with Crippen molar-refractivity contribution < 1.29 is 14.3 Å². The van der Waals surface area contributed by atoms with Gasteiger partial charge in [-0.2, -0.15) is 0 Å². The van der Waals surface area contributed by atoms with Crippen molar-refractivity contribution in [3.63, 3.8) is 0 Å². The Bertz CT molecular complexity index is 837. The van der Waals surface area contributed by atoms with Crippen molar-refractivity contribution in [2.24, 2.45) is 0 Å². The van der Waals surface area contributed by atoms with E-state index >= 15 is 0 Å². The molecule has 1 heterocycles. The quantitative estimate of drug-likeness (QED) is 0.767. The van der Waals surface area contributed by atoms with Crippen LogP contribution in [-0.4, -0.2) is 36.4 Å². The molecule has 1 aliphatic heterocycles. The average molecular weight is 431 g/mol. The Kier molecular flexibility index (Phi) is 6.16. The lowest BCUT2D eigenvalue weighted by atomic mass is 10.1. The van der Waals surface area contributed by atoms with Gasteiger partial charge in [-0.15, -0.1) is 0 Å². The third kappa shape index (κ3) is 4.69. The summed E-state index contributed by atoms with van der Waals surface area (Å²) in [4.78, 5) is 26.9. The summed E-state index contributed by atoms with van der Waals surface area (Å²) in [7, 11) is 0. The second-order valence-corrected chi connectivity index (χ2v) is 7.55. The molecule has 1 N–H and O–H groups in total. The number of nitrogens with zero attached hydrogens (tertiary/aromatic N) is 1. The van der Waals surface area contributed by atoms with Gasteiger partial charge < -0.3 is 15.0 Å². The molecule has 1 fully saturated rings. The number of nitrogens with one attached hydrogen (secondary N) is 1. The highest BCUT2D eigenvalue weighted by molar-refractivity contribution is 9.10. The predicted molar refractivity (Wildman–Crippen MR) is 109 cm³/mol. The summed E-state index contributed by atoms with van der Waals surface area (Å²) in [5.74, 6) is 0.308. The molecule has 3 rings (SSSR count). The number of para-hydroxylation sites is 1. The lowest BCUT2D eigenvalue weighted by Crippen LogP contribution is -2.29. The van der Waals surface area contributed by atoms with E-state index in [4.69, 9.17) is 4.74 Å². The molecule has 0 atom stereocenters. The summed E-state index contributed by atoms with van der Waals surface area (Å²) in [6, 6.07) is 10.9. The first-order chi connectivity index (χ1) is 13.0. The highest BCUT2D eigenvalue weighted by Gasteiger charge is 2.22. The first-order valence-electron chi connectivity index (χ1n) is 9.03. The van der Waals surface area contributed by atoms with Gasteiger partial charge in [-0.05, 0) is 62.1 Å². The number of likely N-dealkylation sites (tertiary alicyclic amines) is 1. The van der Waals surface area contributed by atoms with Gasteiger partial charge in [0.25, 0.3) is 11.8 Å². The number of anilines is 1. The molecule has 2 aromatic carbocycles. The fourth-order valence-electron chi connectivity index (χ4n) is 3.19. The predicted octanol–water partition coefficient (Wildman–Crippen LogP) is 4.32. The summed E-state index contributed by atoms with van der Waals surface area (Å²) in [5, 5.41) is 2.81. The van der Waals surface area contributed by atoms with Crippen LogP contribution in [0.1, 0.15) is 34.3 Å². The summed E-state index contributed by atoms with van der Waals surface area (Å²) in [5.41, 5.74) is 3.13. The van der Waals surface area contributed by atoms with Crippen LogP contribution in [0.25, 0.3) is 0 Å². The number of carbonyl (C=O) groups is 2. The molecule has 0 aromatic heterocycles. The lowest BCUT2D eigenvalue weighted by Gasteiger charge is -2.18. The Balaban J connectivity index is 1.65. The second-order valence-electron chi connectivity index (χ2n) is 6.75. The van der Waals surface area contributed by atoms with Gasteiger partial charge in [0, 0.05) is 17.6 Å². The molecule has 0 spiro atoms. The smallest absolute Gasteiger partial charge is 0.262 e.